The molecule has 6 nitrogen and oxygen atoms in total. The van der Waals surface area contributed by atoms with E-state index >= 15 is 0 Å². The number of hydrogen-bond acceptors (Lipinski definition) is 4. The number of para-hydroxylation sites is 1. The van der Waals surface area contributed by atoms with Crippen LogP contribution in [0.5, 0.6) is 0 Å². The third kappa shape index (κ3) is 6.55. The number of ether oxygens (including phenoxy) is 1. The molecule has 0 bridgehead atoms. The summed E-state index contributed by atoms with van der Waals surface area (Å²) in [5.41, 5.74) is 2.44. The van der Waals surface area contributed by atoms with Crippen LogP contribution in [-0.2, 0) is 14.8 Å². The Labute approximate surface area is 185 Å². The van der Waals surface area contributed by atoms with Crippen LogP contribution < -0.4 is 10.0 Å². The van der Waals surface area contributed by atoms with Gasteiger partial charge in [-0.05, 0) is 62.4 Å². The summed E-state index contributed by atoms with van der Waals surface area (Å²) in [7, 11) is -3.80. The molecule has 1 saturated carbocycles. The minimum atomic E-state index is -3.80. The Morgan fingerprint density at radius 2 is 1.77 bits per heavy atom. The molecule has 0 heterocycles. The van der Waals surface area contributed by atoms with Crippen LogP contribution in [0, 0.1) is 13.8 Å². The van der Waals surface area contributed by atoms with Crippen LogP contribution in [0.15, 0.2) is 47.4 Å². The number of amides is 1. The SMILES string of the molecule is Cc1ccccc1NS(=O)(=O)c1ccc(C)c(C(=O)NCCCOC2CCCCC2)c1. The molecule has 1 amide bonds. The van der Waals surface area contributed by atoms with Crippen molar-refractivity contribution in [3.8, 4) is 0 Å². The van der Waals surface area contributed by atoms with E-state index in [1.807, 2.05) is 19.1 Å². The van der Waals surface area contributed by atoms with Gasteiger partial charge >= 0.3 is 0 Å². The molecule has 31 heavy (non-hydrogen) atoms. The van der Waals surface area contributed by atoms with Gasteiger partial charge in [0.05, 0.1) is 16.7 Å². The average Bonchev–Trinajstić information content (AvgIpc) is 2.76. The molecule has 0 radical (unpaired) electrons. The maximum Gasteiger partial charge on any atom is 0.261 e. The van der Waals surface area contributed by atoms with Gasteiger partial charge in [-0.3, -0.25) is 9.52 Å². The summed E-state index contributed by atoms with van der Waals surface area (Å²) in [4.78, 5) is 12.7. The first-order chi connectivity index (χ1) is 14.9. The maximum atomic E-state index is 12.8. The molecular weight excluding hydrogens is 412 g/mol. The zero-order chi connectivity index (χ0) is 22.3. The standard InChI is InChI=1S/C24H32N2O4S/c1-18-13-14-21(31(28,29)26-23-12-7-6-9-19(23)2)17-22(18)24(27)25-15-8-16-30-20-10-4-3-5-11-20/h6-7,9,12-14,17,20,26H,3-5,8,10-11,15-16H2,1-2H3,(H,25,27). The lowest BCUT2D eigenvalue weighted by Gasteiger charge is -2.21. The van der Waals surface area contributed by atoms with E-state index in [2.05, 4.69) is 10.0 Å². The Kier molecular flexibility index (Phi) is 8.09. The van der Waals surface area contributed by atoms with E-state index in [1.54, 1.807) is 25.1 Å². The fourth-order valence-electron chi connectivity index (χ4n) is 3.76. The van der Waals surface area contributed by atoms with Crippen molar-refractivity contribution >= 4 is 21.6 Å². The highest BCUT2D eigenvalue weighted by Gasteiger charge is 2.19. The molecule has 1 aliphatic carbocycles. The molecule has 168 valence electrons. The molecule has 2 N–H and O–H groups in total. The van der Waals surface area contributed by atoms with Crippen LogP contribution in [0.3, 0.4) is 0 Å². The second-order valence-corrected chi connectivity index (χ2v) is 9.82. The first kappa shape index (κ1) is 23.3. The predicted molar refractivity (Wildman–Crippen MR) is 123 cm³/mol. The molecule has 0 aromatic heterocycles. The second-order valence-electron chi connectivity index (χ2n) is 8.14. The first-order valence-electron chi connectivity index (χ1n) is 11.0. The first-order valence-corrected chi connectivity index (χ1v) is 12.4. The third-order valence-corrected chi connectivity index (χ3v) is 7.03. The van der Waals surface area contributed by atoms with Crippen molar-refractivity contribution in [1.82, 2.24) is 5.32 Å². The summed E-state index contributed by atoms with van der Waals surface area (Å²) in [6.07, 6.45) is 7.11. The van der Waals surface area contributed by atoms with Gasteiger partial charge in [0.15, 0.2) is 0 Å². The fourth-order valence-corrected chi connectivity index (χ4v) is 4.91. The topological polar surface area (TPSA) is 84.5 Å². The van der Waals surface area contributed by atoms with Gasteiger partial charge in [0, 0.05) is 18.7 Å². The number of carbonyl (C=O) groups excluding carboxylic acids is 1. The van der Waals surface area contributed by atoms with E-state index in [4.69, 9.17) is 4.74 Å². The molecule has 2 aromatic rings. The minimum Gasteiger partial charge on any atom is -0.378 e. The van der Waals surface area contributed by atoms with Crippen LogP contribution in [0.25, 0.3) is 0 Å². The Hall–Kier alpha value is -2.38. The lowest BCUT2D eigenvalue weighted by Crippen LogP contribution is -2.27. The van der Waals surface area contributed by atoms with Crippen molar-refractivity contribution in [3.05, 3.63) is 59.2 Å². The van der Waals surface area contributed by atoms with Crippen molar-refractivity contribution in [1.29, 1.82) is 0 Å². The highest BCUT2D eigenvalue weighted by Crippen LogP contribution is 2.22. The molecule has 3 rings (SSSR count). The fraction of sp³-hybridized carbons (Fsp3) is 0.458. The van der Waals surface area contributed by atoms with Gasteiger partial charge in [-0.2, -0.15) is 0 Å². The van der Waals surface area contributed by atoms with Crippen molar-refractivity contribution in [2.75, 3.05) is 17.9 Å². The molecule has 1 fully saturated rings. The Morgan fingerprint density at radius 3 is 2.52 bits per heavy atom. The van der Waals surface area contributed by atoms with Crippen molar-refractivity contribution in [3.63, 3.8) is 0 Å². The van der Waals surface area contributed by atoms with Gasteiger partial charge in [0.25, 0.3) is 15.9 Å². The number of aryl methyl sites for hydroxylation is 2. The lowest BCUT2D eigenvalue weighted by atomic mass is 9.98. The van der Waals surface area contributed by atoms with E-state index in [9.17, 15) is 13.2 Å². The number of sulfonamides is 1. The van der Waals surface area contributed by atoms with Crippen molar-refractivity contribution in [2.24, 2.45) is 0 Å². The summed E-state index contributed by atoms with van der Waals surface area (Å²) >= 11 is 0. The molecule has 2 aromatic carbocycles. The van der Waals surface area contributed by atoms with Gasteiger partial charge in [0.1, 0.15) is 0 Å². The molecule has 7 heteroatoms. The van der Waals surface area contributed by atoms with Crippen LogP contribution in [0.4, 0.5) is 5.69 Å². The zero-order valence-corrected chi connectivity index (χ0v) is 19.1. The van der Waals surface area contributed by atoms with Crippen LogP contribution in [0.2, 0.25) is 0 Å². The van der Waals surface area contributed by atoms with E-state index in [0.29, 0.717) is 30.5 Å². The highest BCUT2D eigenvalue weighted by atomic mass is 32.2. The van der Waals surface area contributed by atoms with Gasteiger partial charge in [-0.25, -0.2) is 8.42 Å². The van der Waals surface area contributed by atoms with E-state index < -0.39 is 10.0 Å². The normalized spacial score (nSPS) is 14.9. The third-order valence-electron chi connectivity index (χ3n) is 5.67. The number of benzene rings is 2. The molecule has 0 spiro atoms. The maximum absolute atomic E-state index is 12.8. The summed E-state index contributed by atoms with van der Waals surface area (Å²) < 4.78 is 34.1. The highest BCUT2D eigenvalue weighted by molar-refractivity contribution is 7.92. The minimum absolute atomic E-state index is 0.0622. The largest absolute Gasteiger partial charge is 0.378 e. The monoisotopic (exact) mass is 444 g/mol. The molecule has 0 saturated heterocycles. The summed E-state index contributed by atoms with van der Waals surface area (Å²) in [6, 6.07) is 11.8. The number of nitrogens with one attached hydrogen (secondary N) is 2. The Morgan fingerprint density at radius 1 is 1.03 bits per heavy atom. The molecule has 1 aliphatic rings. The summed E-state index contributed by atoms with van der Waals surface area (Å²) in [5.74, 6) is -0.275. The lowest BCUT2D eigenvalue weighted by molar-refractivity contribution is 0.0273. The predicted octanol–water partition coefficient (Wildman–Crippen LogP) is 4.57. The van der Waals surface area contributed by atoms with Crippen LogP contribution >= 0.6 is 0 Å². The molecular formula is C24H32N2O4S. The van der Waals surface area contributed by atoms with Gasteiger partial charge < -0.3 is 10.1 Å². The molecule has 0 unspecified atom stereocenters. The van der Waals surface area contributed by atoms with Crippen LogP contribution in [0.1, 0.15) is 60.0 Å². The second kappa shape index (κ2) is 10.8. The van der Waals surface area contributed by atoms with Gasteiger partial charge in [0.2, 0.25) is 0 Å². The number of rotatable bonds is 9. The summed E-state index contributed by atoms with van der Waals surface area (Å²) in [6.45, 7) is 4.75. The quantitative estimate of drug-likeness (QED) is 0.555. The zero-order valence-electron chi connectivity index (χ0n) is 18.3. The van der Waals surface area contributed by atoms with Gasteiger partial charge in [-0.15, -0.1) is 0 Å². The van der Waals surface area contributed by atoms with E-state index in [1.165, 1.54) is 31.4 Å². The smallest absolute Gasteiger partial charge is 0.261 e. The van der Waals surface area contributed by atoms with Crippen molar-refractivity contribution < 1.29 is 17.9 Å². The van der Waals surface area contributed by atoms with E-state index in [-0.39, 0.29) is 10.8 Å². The van der Waals surface area contributed by atoms with Crippen LogP contribution in [-0.4, -0.2) is 33.6 Å². The van der Waals surface area contributed by atoms with Crippen molar-refractivity contribution in [2.45, 2.75) is 63.4 Å². The number of hydrogen-bond donors (Lipinski definition) is 2. The number of anilines is 1. The Balaban J connectivity index is 1.58. The molecule has 0 atom stereocenters. The Bertz CT molecular complexity index is 998. The van der Waals surface area contributed by atoms with E-state index in [0.717, 1.165) is 30.4 Å². The summed E-state index contributed by atoms with van der Waals surface area (Å²) in [5, 5.41) is 2.88. The van der Waals surface area contributed by atoms with Gasteiger partial charge in [-0.1, -0.05) is 43.5 Å². The molecule has 0 aliphatic heterocycles. The number of carbonyl (C=O) groups is 1. The average molecular weight is 445 g/mol.